The van der Waals surface area contributed by atoms with E-state index < -0.39 is 0 Å². The molecule has 5 heteroatoms. The molecule has 4 nitrogen and oxygen atoms in total. The van der Waals surface area contributed by atoms with E-state index in [0.717, 1.165) is 5.56 Å². The topological polar surface area (TPSA) is 65.2 Å². The van der Waals surface area contributed by atoms with Gasteiger partial charge in [-0.3, -0.25) is 4.98 Å². The highest BCUT2D eigenvalue weighted by Gasteiger charge is 2.12. The van der Waals surface area contributed by atoms with Crippen molar-refractivity contribution in [3.63, 3.8) is 0 Å². The van der Waals surface area contributed by atoms with Crippen molar-refractivity contribution in [1.29, 1.82) is 0 Å². The minimum absolute atomic E-state index is 0.311. The number of pyridine rings is 1. The molecule has 0 aliphatic rings. The number of halogens is 1. The Hall–Kier alpha value is -1.88. The summed E-state index contributed by atoms with van der Waals surface area (Å²) in [5, 5.41) is 0. The lowest BCUT2D eigenvalue weighted by molar-refractivity contribution is 0.0508. The van der Waals surface area contributed by atoms with Crippen molar-refractivity contribution in [2.45, 2.75) is 6.42 Å². The maximum Gasteiger partial charge on any atom is 0.339 e. The highest BCUT2D eigenvalue weighted by Crippen LogP contribution is 2.24. The van der Waals surface area contributed by atoms with E-state index in [0.29, 0.717) is 28.8 Å². The van der Waals surface area contributed by atoms with Crippen LogP contribution in [0.4, 0.5) is 5.69 Å². The molecule has 0 saturated carbocycles. The molecule has 0 aliphatic heterocycles. The first-order valence-corrected chi connectivity index (χ1v) is 6.58. The number of carbonyl (C=O) groups is 1. The number of anilines is 1. The number of nitrogen functional groups attached to an aromatic ring is 1. The second-order valence-corrected chi connectivity index (χ2v) is 4.75. The first-order chi connectivity index (χ1) is 9.18. The van der Waals surface area contributed by atoms with Crippen LogP contribution in [-0.4, -0.2) is 17.6 Å². The molecule has 2 rings (SSSR count). The zero-order chi connectivity index (χ0) is 13.7. The Bertz CT molecular complexity index is 573. The molecule has 0 amide bonds. The van der Waals surface area contributed by atoms with Crippen LogP contribution in [0.5, 0.6) is 0 Å². The van der Waals surface area contributed by atoms with Crippen LogP contribution in [0.2, 0.25) is 0 Å². The molecule has 19 heavy (non-hydrogen) atoms. The molecule has 2 aromatic rings. The SMILES string of the molecule is Nc1cccc(C(=O)OCCc2cccnc2)c1Br. The summed E-state index contributed by atoms with van der Waals surface area (Å²) in [6.07, 6.45) is 4.10. The van der Waals surface area contributed by atoms with E-state index >= 15 is 0 Å². The molecular formula is C14H13BrN2O2. The van der Waals surface area contributed by atoms with E-state index in [-0.39, 0.29) is 5.97 Å². The van der Waals surface area contributed by atoms with Crippen LogP contribution >= 0.6 is 15.9 Å². The number of nitrogens with two attached hydrogens (primary N) is 1. The monoisotopic (exact) mass is 320 g/mol. The van der Waals surface area contributed by atoms with E-state index in [1.807, 2.05) is 12.1 Å². The lowest BCUT2D eigenvalue weighted by Gasteiger charge is -2.07. The normalized spacial score (nSPS) is 10.2. The Morgan fingerprint density at radius 2 is 2.16 bits per heavy atom. The Morgan fingerprint density at radius 1 is 1.32 bits per heavy atom. The highest BCUT2D eigenvalue weighted by molar-refractivity contribution is 9.10. The minimum Gasteiger partial charge on any atom is -0.462 e. The van der Waals surface area contributed by atoms with Gasteiger partial charge in [-0.25, -0.2) is 4.79 Å². The molecule has 0 spiro atoms. The lowest BCUT2D eigenvalue weighted by Crippen LogP contribution is -2.09. The number of hydrogen-bond acceptors (Lipinski definition) is 4. The van der Waals surface area contributed by atoms with E-state index in [2.05, 4.69) is 20.9 Å². The molecule has 1 aromatic carbocycles. The molecule has 0 saturated heterocycles. The molecule has 0 unspecified atom stereocenters. The summed E-state index contributed by atoms with van der Waals surface area (Å²) in [7, 11) is 0. The highest BCUT2D eigenvalue weighted by atomic mass is 79.9. The molecular weight excluding hydrogens is 308 g/mol. The van der Waals surface area contributed by atoms with Gasteiger partial charge < -0.3 is 10.5 Å². The van der Waals surface area contributed by atoms with Crippen LogP contribution in [0, 0.1) is 0 Å². The number of nitrogens with zero attached hydrogens (tertiary/aromatic N) is 1. The minimum atomic E-state index is -0.386. The van der Waals surface area contributed by atoms with Gasteiger partial charge in [0.15, 0.2) is 0 Å². The first-order valence-electron chi connectivity index (χ1n) is 5.78. The number of aromatic nitrogens is 1. The molecule has 0 atom stereocenters. The Kier molecular flexibility index (Phi) is 4.52. The molecule has 0 radical (unpaired) electrons. The second-order valence-electron chi connectivity index (χ2n) is 3.96. The zero-order valence-corrected chi connectivity index (χ0v) is 11.8. The molecule has 1 aromatic heterocycles. The number of carbonyl (C=O) groups excluding carboxylic acids is 1. The third-order valence-corrected chi connectivity index (χ3v) is 3.48. The predicted octanol–water partition coefficient (Wildman–Crippen LogP) is 2.83. The van der Waals surface area contributed by atoms with Crippen LogP contribution in [0.15, 0.2) is 47.2 Å². The van der Waals surface area contributed by atoms with Crippen molar-refractivity contribution in [3.8, 4) is 0 Å². The Labute approximate surface area is 119 Å². The third-order valence-electron chi connectivity index (χ3n) is 2.60. The summed E-state index contributed by atoms with van der Waals surface area (Å²) >= 11 is 3.28. The fraction of sp³-hybridized carbons (Fsp3) is 0.143. The largest absolute Gasteiger partial charge is 0.462 e. The molecule has 0 fully saturated rings. The van der Waals surface area contributed by atoms with Crippen LogP contribution in [-0.2, 0) is 11.2 Å². The van der Waals surface area contributed by atoms with Crippen LogP contribution in [0.25, 0.3) is 0 Å². The molecule has 1 heterocycles. The molecule has 98 valence electrons. The smallest absolute Gasteiger partial charge is 0.339 e. The fourth-order valence-corrected chi connectivity index (χ4v) is 2.02. The number of ether oxygens (including phenoxy) is 1. The second kappa shape index (κ2) is 6.33. The van der Waals surface area contributed by atoms with Crippen molar-refractivity contribution < 1.29 is 9.53 Å². The van der Waals surface area contributed by atoms with Gasteiger partial charge in [0.25, 0.3) is 0 Å². The first kappa shape index (κ1) is 13.5. The van der Waals surface area contributed by atoms with Crippen LogP contribution < -0.4 is 5.73 Å². The molecule has 0 bridgehead atoms. The quantitative estimate of drug-likeness (QED) is 0.695. The predicted molar refractivity (Wildman–Crippen MR) is 76.8 cm³/mol. The standard InChI is InChI=1S/C14H13BrN2O2/c15-13-11(4-1-5-12(13)16)14(18)19-8-6-10-3-2-7-17-9-10/h1-5,7,9H,6,8,16H2. The summed E-state index contributed by atoms with van der Waals surface area (Å²) in [4.78, 5) is 15.9. The van der Waals surface area contributed by atoms with Crippen molar-refractivity contribution >= 4 is 27.6 Å². The number of rotatable bonds is 4. The van der Waals surface area contributed by atoms with Crippen molar-refractivity contribution in [1.82, 2.24) is 4.98 Å². The summed E-state index contributed by atoms with van der Waals surface area (Å²) in [6.45, 7) is 0.311. The lowest BCUT2D eigenvalue weighted by atomic mass is 10.2. The number of benzene rings is 1. The van der Waals surface area contributed by atoms with E-state index in [1.165, 1.54) is 0 Å². The number of esters is 1. The van der Waals surface area contributed by atoms with E-state index in [1.54, 1.807) is 30.6 Å². The molecule has 0 aliphatic carbocycles. The average molecular weight is 321 g/mol. The van der Waals surface area contributed by atoms with Crippen molar-refractivity contribution in [3.05, 3.63) is 58.3 Å². The van der Waals surface area contributed by atoms with Gasteiger partial charge in [-0.1, -0.05) is 12.1 Å². The van der Waals surface area contributed by atoms with Gasteiger partial charge in [-0.2, -0.15) is 0 Å². The maximum atomic E-state index is 11.9. The van der Waals surface area contributed by atoms with Gasteiger partial charge in [-0.15, -0.1) is 0 Å². The fourth-order valence-electron chi connectivity index (χ4n) is 1.59. The van der Waals surface area contributed by atoms with E-state index in [4.69, 9.17) is 10.5 Å². The summed E-state index contributed by atoms with van der Waals surface area (Å²) in [5.41, 5.74) is 7.70. The number of hydrogen-bond donors (Lipinski definition) is 1. The zero-order valence-electron chi connectivity index (χ0n) is 10.2. The molecule has 2 N–H and O–H groups in total. The van der Waals surface area contributed by atoms with Gasteiger partial charge in [0.1, 0.15) is 0 Å². The van der Waals surface area contributed by atoms with Gasteiger partial charge >= 0.3 is 5.97 Å². The third kappa shape index (κ3) is 3.54. The Balaban J connectivity index is 1.93. The van der Waals surface area contributed by atoms with Crippen LogP contribution in [0.3, 0.4) is 0 Å². The maximum absolute atomic E-state index is 11.9. The Morgan fingerprint density at radius 3 is 2.89 bits per heavy atom. The summed E-state index contributed by atoms with van der Waals surface area (Å²) < 4.78 is 5.79. The van der Waals surface area contributed by atoms with Gasteiger partial charge in [-0.05, 0) is 39.7 Å². The van der Waals surface area contributed by atoms with Crippen molar-refractivity contribution in [2.24, 2.45) is 0 Å². The van der Waals surface area contributed by atoms with Gasteiger partial charge in [0.05, 0.1) is 16.6 Å². The van der Waals surface area contributed by atoms with Crippen molar-refractivity contribution in [2.75, 3.05) is 12.3 Å². The summed E-state index contributed by atoms with van der Waals surface area (Å²) in [5.74, 6) is -0.386. The van der Waals surface area contributed by atoms with E-state index in [9.17, 15) is 4.79 Å². The van der Waals surface area contributed by atoms with Gasteiger partial charge in [0.2, 0.25) is 0 Å². The van der Waals surface area contributed by atoms with Crippen LogP contribution in [0.1, 0.15) is 15.9 Å². The summed E-state index contributed by atoms with van der Waals surface area (Å²) in [6, 6.07) is 8.91. The van der Waals surface area contributed by atoms with Gasteiger partial charge in [0, 0.05) is 24.5 Å². The average Bonchev–Trinajstić information content (AvgIpc) is 2.43.